The van der Waals surface area contributed by atoms with Crippen molar-refractivity contribution in [3.8, 4) is 11.5 Å². The number of hydrogen-bond acceptors (Lipinski definition) is 2. The molecular formula is C10H12O2. The number of benzene rings is 1. The Morgan fingerprint density at radius 1 is 1.17 bits per heavy atom. The number of rotatable bonds is 2. The smallest absolute Gasteiger partial charge is 0.241 e. The van der Waals surface area contributed by atoms with Gasteiger partial charge in [-0.25, -0.2) is 0 Å². The van der Waals surface area contributed by atoms with Crippen molar-refractivity contribution in [3.05, 3.63) is 24.3 Å². The Hall–Kier alpha value is -1.18. The molecule has 1 heterocycles. The maximum Gasteiger partial charge on any atom is 0.241 e. The van der Waals surface area contributed by atoms with E-state index in [1.807, 2.05) is 24.3 Å². The summed E-state index contributed by atoms with van der Waals surface area (Å²) in [6.07, 6.45) is 1.97. The first kappa shape index (κ1) is 7.47. The van der Waals surface area contributed by atoms with Crippen LogP contribution in [-0.4, -0.2) is 6.29 Å². The predicted molar refractivity (Wildman–Crippen MR) is 46.4 cm³/mol. The average molecular weight is 164 g/mol. The topological polar surface area (TPSA) is 18.5 Å². The molecule has 64 valence electrons. The Labute approximate surface area is 72.1 Å². The molecule has 12 heavy (non-hydrogen) atoms. The van der Waals surface area contributed by atoms with E-state index in [0.717, 1.165) is 24.3 Å². The molecule has 0 N–H and O–H groups in total. The highest BCUT2D eigenvalue weighted by Gasteiger charge is 2.21. The van der Waals surface area contributed by atoms with Crippen LogP contribution in [0.5, 0.6) is 11.5 Å². The molecule has 0 unspecified atom stereocenters. The first-order valence-corrected chi connectivity index (χ1v) is 4.32. The molecule has 0 amide bonds. The fraction of sp³-hybridized carbons (Fsp3) is 0.400. The Morgan fingerprint density at radius 3 is 2.25 bits per heavy atom. The molecule has 0 saturated carbocycles. The third kappa shape index (κ3) is 1.24. The standard InChI is InChI=1S/C10H12O2/c1-2-5-10-11-8-6-3-4-7-9(8)12-10/h3-4,6-7,10H,2,5H2,1H3. The van der Waals surface area contributed by atoms with Crippen LogP contribution in [0.3, 0.4) is 0 Å². The zero-order chi connectivity index (χ0) is 8.39. The summed E-state index contributed by atoms with van der Waals surface area (Å²) in [5.41, 5.74) is 0. The van der Waals surface area contributed by atoms with Gasteiger partial charge in [0.15, 0.2) is 11.5 Å². The second-order valence-electron chi connectivity index (χ2n) is 2.90. The quantitative estimate of drug-likeness (QED) is 0.668. The summed E-state index contributed by atoms with van der Waals surface area (Å²) in [6, 6.07) is 7.78. The van der Waals surface area contributed by atoms with Crippen molar-refractivity contribution in [2.75, 3.05) is 0 Å². The summed E-state index contributed by atoms with van der Waals surface area (Å²) in [5, 5.41) is 0. The lowest BCUT2D eigenvalue weighted by Gasteiger charge is -2.07. The normalized spacial score (nSPS) is 15.1. The fourth-order valence-corrected chi connectivity index (χ4v) is 1.31. The van der Waals surface area contributed by atoms with E-state index < -0.39 is 0 Å². The Morgan fingerprint density at radius 2 is 1.75 bits per heavy atom. The van der Waals surface area contributed by atoms with Crippen LogP contribution >= 0.6 is 0 Å². The minimum atomic E-state index is -0.0626. The van der Waals surface area contributed by atoms with Gasteiger partial charge in [-0.15, -0.1) is 0 Å². The molecule has 2 heteroatoms. The molecule has 1 aliphatic rings. The number of hydrogen-bond donors (Lipinski definition) is 0. The van der Waals surface area contributed by atoms with Crippen LogP contribution in [0.2, 0.25) is 0 Å². The van der Waals surface area contributed by atoms with Crippen LogP contribution < -0.4 is 9.47 Å². The number of ether oxygens (including phenoxy) is 2. The molecule has 0 radical (unpaired) electrons. The second-order valence-corrected chi connectivity index (χ2v) is 2.90. The van der Waals surface area contributed by atoms with E-state index in [1.165, 1.54) is 0 Å². The van der Waals surface area contributed by atoms with Gasteiger partial charge in [-0.1, -0.05) is 19.1 Å². The minimum Gasteiger partial charge on any atom is -0.451 e. The summed E-state index contributed by atoms with van der Waals surface area (Å²) in [6.45, 7) is 2.12. The third-order valence-corrected chi connectivity index (χ3v) is 1.89. The van der Waals surface area contributed by atoms with E-state index in [0.29, 0.717) is 0 Å². The van der Waals surface area contributed by atoms with Gasteiger partial charge in [-0.2, -0.15) is 0 Å². The highest BCUT2D eigenvalue weighted by atomic mass is 16.7. The molecule has 1 aromatic rings. The van der Waals surface area contributed by atoms with Crippen molar-refractivity contribution < 1.29 is 9.47 Å². The summed E-state index contributed by atoms with van der Waals surface area (Å²) in [5.74, 6) is 1.74. The maximum atomic E-state index is 5.53. The molecule has 0 aromatic heterocycles. The molecule has 0 spiro atoms. The van der Waals surface area contributed by atoms with Crippen molar-refractivity contribution in [1.29, 1.82) is 0 Å². The molecule has 0 atom stereocenters. The van der Waals surface area contributed by atoms with Crippen molar-refractivity contribution >= 4 is 0 Å². The van der Waals surface area contributed by atoms with Crippen LogP contribution in [0.4, 0.5) is 0 Å². The summed E-state index contributed by atoms with van der Waals surface area (Å²) < 4.78 is 11.1. The lowest BCUT2D eigenvalue weighted by atomic mass is 10.3. The van der Waals surface area contributed by atoms with Crippen LogP contribution in [-0.2, 0) is 0 Å². The van der Waals surface area contributed by atoms with Gasteiger partial charge in [0.2, 0.25) is 6.29 Å². The lowest BCUT2D eigenvalue weighted by Crippen LogP contribution is -2.16. The van der Waals surface area contributed by atoms with Crippen molar-refractivity contribution in [1.82, 2.24) is 0 Å². The molecule has 2 rings (SSSR count). The van der Waals surface area contributed by atoms with Crippen molar-refractivity contribution in [3.63, 3.8) is 0 Å². The van der Waals surface area contributed by atoms with E-state index in [2.05, 4.69) is 6.92 Å². The molecule has 0 bridgehead atoms. The van der Waals surface area contributed by atoms with Crippen molar-refractivity contribution in [2.45, 2.75) is 26.1 Å². The van der Waals surface area contributed by atoms with Gasteiger partial charge in [-0.3, -0.25) is 0 Å². The average Bonchev–Trinajstić information content (AvgIpc) is 2.47. The fourth-order valence-electron chi connectivity index (χ4n) is 1.31. The van der Waals surface area contributed by atoms with Gasteiger partial charge in [0.1, 0.15) is 0 Å². The van der Waals surface area contributed by atoms with Crippen LogP contribution in [0.15, 0.2) is 24.3 Å². The second kappa shape index (κ2) is 3.05. The molecule has 1 aromatic carbocycles. The van der Waals surface area contributed by atoms with Crippen LogP contribution in [0.25, 0.3) is 0 Å². The van der Waals surface area contributed by atoms with Gasteiger partial charge < -0.3 is 9.47 Å². The molecule has 0 fully saturated rings. The SMILES string of the molecule is CCCC1Oc2ccccc2O1. The molecule has 0 aliphatic carbocycles. The van der Waals surface area contributed by atoms with Gasteiger partial charge >= 0.3 is 0 Å². The van der Waals surface area contributed by atoms with E-state index >= 15 is 0 Å². The summed E-state index contributed by atoms with van der Waals surface area (Å²) in [7, 11) is 0. The van der Waals surface area contributed by atoms with Crippen LogP contribution in [0.1, 0.15) is 19.8 Å². The van der Waals surface area contributed by atoms with E-state index in [4.69, 9.17) is 9.47 Å². The molecular weight excluding hydrogens is 152 g/mol. The van der Waals surface area contributed by atoms with E-state index in [1.54, 1.807) is 0 Å². The molecule has 2 nitrogen and oxygen atoms in total. The third-order valence-electron chi connectivity index (χ3n) is 1.89. The zero-order valence-corrected chi connectivity index (χ0v) is 7.12. The highest BCUT2D eigenvalue weighted by molar-refractivity contribution is 5.41. The minimum absolute atomic E-state index is 0.0626. The van der Waals surface area contributed by atoms with E-state index in [9.17, 15) is 0 Å². The lowest BCUT2D eigenvalue weighted by molar-refractivity contribution is 0.0413. The summed E-state index contributed by atoms with van der Waals surface area (Å²) in [4.78, 5) is 0. The summed E-state index contributed by atoms with van der Waals surface area (Å²) >= 11 is 0. The van der Waals surface area contributed by atoms with Gasteiger partial charge in [-0.05, 0) is 18.6 Å². The first-order chi connectivity index (χ1) is 5.90. The molecule has 1 aliphatic heterocycles. The predicted octanol–water partition coefficient (Wildman–Crippen LogP) is 2.58. The number of fused-ring (bicyclic) bond motifs is 1. The highest BCUT2D eigenvalue weighted by Crippen LogP contribution is 2.34. The Bertz CT molecular complexity index is 245. The van der Waals surface area contributed by atoms with Crippen LogP contribution in [0, 0.1) is 0 Å². The monoisotopic (exact) mass is 164 g/mol. The Balaban J connectivity index is 2.11. The van der Waals surface area contributed by atoms with Crippen molar-refractivity contribution in [2.24, 2.45) is 0 Å². The largest absolute Gasteiger partial charge is 0.451 e. The Kier molecular flexibility index (Phi) is 1.90. The first-order valence-electron chi connectivity index (χ1n) is 4.32. The van der Waals surface area contributed by atoms with E-state index in [-0.39, 0.29) is 6.29 Å². The molecule has 0 saturated heterocycles. The van der Waals surface area contributed by atoms with Gasteiger partial charge in [0.05, 0.1) is 0 Å². The maximum absolute atomic E-state index is 5.53. The van der Waals surface area contributed by atoms with Gasteiger partial charge in [0, 0.05) is 6.42 Å². The number of para-hydroxylation sites is 2. The van der Waals surface area contributed by atoms with Gasteiger partial charge in [0.25, 0.3) is 0 Å². The zero-order valence-electron chi connectivity index (χ0n) is 7.12.